The summed E-state index contributed by atoms with van der Waals surface area (Å²) in [7, 11) is 3.27. The Balaban J connectivity index is 1.56. The van der Waals surface area contributed by atoms with Crippen LogP contribution in [-0.4, -0.2) is 50.6 Å². The lowest BCUT2D eigenvalue weighted by atomic mass is 9.96. The zero-order valence-electron chi connectivity index (χ0n) is 20.8. The Morgan fingerprint density at radius 3 is 2.77 bits per heavy atom. The van der Waals surface area contributed by atoms with Gasteiger partial charge >= 0.3 is 0 Å². The molecule has 1 aromatic heterocycles. The van der Waals surface area contributed by atoms with Crippen LogP contribution in [0.3, 0.4) is 0 Å². The fourth-order valence-corrected chi connectivity index (χ4v) is 4.63. The van der Waals surface area contributed by atoms with E-state index < -0.39 is 0 Å². The molecule has 1 aliphatic heterocycles. The van der Waals surface area contributed by atoms with Crippen molar-refractivity contribution in [2.75, 3.05) is 33.9 Å². The summed E-state index contributed by atoms with van der Waals surface area (Å²) in [6, 6.07) is 9.84. The molecule has 7 nitrogen and oxygen atoms in total. The van der Waals surface area contributed by atoms with E-state index in [-0.39, 0.29) is 11.8 Å². The second-order valence-corrected chi connectivity index (χ2v) is 8.80. The van der Waals surface area contributed by atoms with Crippen LogP contribution in [0.5, 0.6) is 11.5 Å². The molecule has 1 saturated heterocycles. The number of hydrogen-bond donors (Lipinski definition) is 1. The van der Waals surface area contributed by atoms with Gasteiger partial charge in [0.05, 0.1) is 20.5 Å². The second-order valence-electron chi connectivity index (χ2n) is 8.80. The third kappa shape index (κ3) is 5.19. The number of amides is 2. The Morgan fingerprint density at radius 1 is 1.23 bits per heavy atom. The Hall–Kier alpha value is -3.74. The maximum atomic E-state index is 12.6. The molecule has 0 spiro atoms. The van der Waals surface area contributed by atoms with E-state index in [2.05, 4.69) is 5.32 Å². The predicted molar refractivity (Wildman–Crippen MR) is 137 cm³/mol. The highest BCUT2D eigenvalue weighted by molar-refractivity contribution is 6.01. The number of carbonyl (C=O) groups excluding carboxylic acids is 2. The van der Waals surface area contributed by atoms with Crippen LogP contribution in [-0.2, 0) is 9.59 Å². The van der Waals surface area contributed by atoms with Crippen molar-refractivity contribution in [2.24, 2.45) is 0 Å². The first-order valence-corrected chi connectivity index (χ1v) is 11.9. The van der Waals surface area contributed by atoms with E-state index in [0.29, 0.717) is 25.3 Å². The summed E-state index contributed by atoms with van der Waals surface area (Å²) in [4.78, 5) is 26.2. The van der Waals surface area contributed by atoms with Crippen molar-refractivity contribution in [1.82, 2.24) is 10.2 Å². The molecule has 2 aromatic carbocycles. The van der Waals surface area contributed by atoms with Crippen LogP contribution in [0.15, 0.2) is 47.1 Å². The van der Waals surface area contributed by atoms with Crippen molar-refractivity contribution in [2.45, 2.75) is 33.1 Å². The number of ether oxygens (including phenoxy) is 2. The lowest BCUT2D eigenvalue weighted by Crippen LogP contribution is -2.30. The van der Waals surface area contributed by atoms with Crippen molar-refractivity contribution >= 4 is 28.4 Å². The maximum Gasteiger partial charge on any atom is 0.244 e. The monoisotopic (exact) mass is 476 g/mol. The fourth-order valence-electron chi connectivity index (χ4n) is 4.63. The number of likely N-dealkylation sites (tertiary alicyclic amines) is 1. The lowest BCUT2D eigenvalue weighted by Gasteiger charge is -2.15. The first-order chi connectivity index (χ1) is 16.9. The molecule has 2 amide bonds. The van der Waals surface area contributed by atoms with Crippen LogP contribution in [0, 0.1) is 6.92 Å². The van der Waals surface area contributed by atoms with Gasteiger partial charge in [0.25, 0.3) is 0 Å². The minimum Gasteiger partial charge on any atom is -0.497 e. The minimum absolute atomic E-state index is 0.171. The van der Waals surface area contributed by atoms with Gasteiger partial charge in [-0.1, -0.05) is 12.1 Å². The zero-order valence-corrected chi connectivity index (χ0v) is 20.8. The summed E-state index contributed by atoms with van der Waals surface area (Å²) in [5.41, 5.74) is 5.17. The van der Waals surface area contributed by atoms with Crippen LogP contribution in [0.25, 0.3) is 27.7 Å². The smallest absolute Gasteiger partial charge is 0.244 e. The van der Waals surface area contributed by atoms with Gasteiger partial charge in [0.2, 0.25) is 11.8 Å². The topological polar surface area (TPSA) is 81.0 Å². The molecule has 3 aromatic rings. The molecule has 184 valence electrons. The molecule has 2 heterocycles. The molecule has 4 rings (SSSR count). The minimum atomic E-state index is -0.171. The largest absolute Gasteiger partial charge is 0.497 e. The van der Waals surface area contributed by atoms with E-state index in [4.69, 9.17) is 13.9 Å². The van der Waals surface area contributed by atoms with Crippen molar-refractivity contribution in [3.05, 3.63) is 53.8 Å². The summed E-state index contributed by atoms with van der Waals surface area (Å²) in [5.74, 6) is 1.48. The molecule has 0 bridgehead atoms. The fraction of sp³-hybridized carbons (Fsp3) is 0.357. The van der Waals surface area contributed by atoms with Gasteiger partial charge in [-0.15, -0.1) is 0 Å². The highest BCUT2D eigenvalue weighted by atomic mass is 16.5. The van der Waals surface area contributed by atoms with Crippen LogP contribution < -0.4 is 14.8 Å². The van der Waals surface area contributed by atoms with Gasteiger partial charge in [0.15, 0.2) is 0 Å². The number of benzene rings is 2. The normalized spacial score (nSPS) is 14.0. The summed E-state index contributed by atoms with van der Waals surface area (Å²) < 4.78 is 17.0. The molecule has 1 N–H and O–H groups in total. The number of hydrogen-bond acceptors (Lipinski definition) is 5. The maximum absolute atomic E-state index is 12.6. The summed E-state index contributed by atoms with van der Waals surface area (Å²) in [6.07, 6.45) is 5.63. The third-order valence-corrected chi connectivity index (χ3v) is 6.48. The first-order valence-electron chi connectivity index (χ1n) is 11.9. The number of nitrogens with zero attached hydrogens (tertiary/aromatic N) is 1. The van der Waals surface area contributed by atoms with E-state index in [9.17, 15) is 9.59 Å². The molecular weight excluding hydrogens is 444 g/mol. The molecule has 1 fully saturated rings. The van der Waals surface area contributed by atoms with Crippen LogP contribution >= 0.6 is 0 Å². The molecule has 0 saturated carbocycles. The summed E-state index contributed by atoms with van der Waals surface area (Å²) >= 11 is 0. The van der Waals surface area contributed by atoms with Gasteiger partial charge in [-0.05, 0) is 56.0 Å². The number of aryl methyl sites for hydroxylation is 1. The molecule has 0 unspecified atom stereocenters. The van der Waals surface area contributed by atoms with E-state index in [1.165, 1.54) is 0 Å². The number of carbonyl (C=O) groups is 2. The van der Waals surface area contributed by atoms with Gasteiger partial charge in [-0.3, -0.25) is 9.59 Å². The Bertz CT molecular complexity index is 1270. The molecular formula is C28H32N2O5. The highest BCUT2D eigenvalue weighted by Gasteiger charge is 2.20. The SMILES string of the molecule is COc1cccc(-c2coc3c(C)c(OC)c(/C(C)=C/C(=O)NCCCN4CCCC4=O)cc23)c1. The van der Waals surface area contributed by atoms with Gasteiger partial charge in [-0.25, -0.2) is 0 Å². The third-order valence-electron chi connectivity index (χ3n) is 6.48. The number of furan rings is 1. The van der Waals surface area contributed by atoms with Crippen molar-refractivity contribution in [1.29, 1.82) is 0 Å². The molecule has 0 radical (unpaired) electrons. The standard InChI is InChI=1S/C28H32N2O5/c1-18(14-25(31)29-11-7-13-30-12-6-10-26(30)32)22-16-23-24(20-8-5-9-21(15-20)33-3)17-35-28(23)19(2)27(22)34-4/h5,8-9,14-17H,6-7,10-13H2,1-4H3,(H,29,31)/b18-14+. The number of allylic oxidation sites excluding steroid dienone is 1. The van der Waals surface area contributed by atoms with Crippen molar-refractivity contribution < 1.29 is 23.5 Å². The van der Waals surface area contributed by atoms with Crippen LogP contribution in [0.1, 0.15) is 37.3 Å². The lowest BCUT2D eigenvalue weighted by molar-refractivity contribution is -0.127. The number of rotatable bonds is 9. The van der Waals surface area contributed by atoms with Gasteiger partial charge in [0, 0.05) is 54.2 Å². The quantitative estimate of drug-likeness (QED) is 0.349. The molecule has 1 aliphatic rings. The van der Waals surface area contributed by atoms with Crippen molar-refractivity contribution in [3.63, 3.8) is 0 Å². The first kappa shape index (κ1) is 24.4. The van der Waals surface area contributed by atoms with E-state index >= 15 is 0 Å². The molecule has 7 heteroatoms. The molecule has 0 atom stereocenters. The van der Waals surface area contributed by atoms with Gasteiger partial charge < -0.3 is 24.1 Å². The summed E-state index contributed by atoms with van der Waals surface area (Å²) in [5, 5.41) is 3.87. The van der Waals surface area contributed by atoms with E-state index in [0.717, 1.165) is 63.9 Å². The van der Waals surface area contributed by atoms with E-state index in [1.54, 1.807) is 26.6 Å². The van der Waals surface area contributed by atoms with Crippen LogP contribution in [0.2, 0.25) is 0 Å². The average molecular weight is 477 g/mol. The van der Waals surface area contributed by atoms with Crippen LogP contribution in [0.4, 0.5) is 0 Å². The van der Waals surface area contributed by atoms with Gasteiger partial charge in [0.1, 0.15) is 17.1 Å². The second kappa shape index (κ2) is 10.7. The predicted octanol–water partition coefficient (Wildman–Crippen LogP) is 4.96. The Kier molecular flexibility index (Phi) is 7.44. The van der Waals surface area contributed by atoms with E-state index in [1.807, 2.05) is 49.1 Å². The van der Waals surface area contributed by atoms with Gasteiger partial charge in [-0.2, -0.15) is 0 Å². The number of methoxy groups -OCH3 is 2. The number of nitrogens with one attached hydrogen (secondary N) is 1. The number of fused-ring (bicyclic) bond motifs is 1. The average Bonchev–Trinajstić information content (AvgIpc) is 3.47. The summed E-state index contributed by atoms with van der Waals surface area (Å²) in [6.45, 7) is 5.87. The van der Waals surface area contributed by atoms with Crippen molar-refractivity contribution in [3.8, 4) is 22.6 Å². The molecule has 35 heavy (non-hydrogen) atoms. The molecule has 0 aliphatic carbocycles. The highest BCUT2D eigenvalue weighted by Crippen LogP contribution is 2.41. The Morgan fingerprint density at radius 2 is 2.06 bits per heavy atom. The Labute approximate surface area is 205 Å². The zero-order chi connectivity index (χ0) is 24.9.